The molecule has 0 bridgehead atoms. The molecule has 1 rings (SSSR count). The van der Waals surface area contributed by atoms with Crippen molar-refractivity contribution < 1.29 is 0 Å². The summed E-state index contributed by atoms with van der Waals surface area (Å²) in [6, 6.07) is 2.81. The lowest BCUT2D eigenvalue weighted by molar-refractivity contribution is 0.494. The van der Waals surface area contributed by atoms with Gasteiger partial charge in [-0.2, -0.15) is 0 Å². The van der Waals surface area contributed by atoms with E-state index in [9.17, 15) is 0 Å². The van der Waals surface area contributed by atoms with Gasteiger partial charge in [0.25, 0.3) is 0 Å². The molecule has 0 saturated heterocycles. The smallest absolute Gasteiger partial charge is 0.0704 e. The Labute approximate surface area is 105 Å². The molecule has 0 saturated carbocycles. The molecule has 0 amide bonds. The van der Waals surface area contributed by atoms with Crippen molar-refractivity contribution in [1.82, 2.24) is 5.32 Å². The van der Waals surface area contributed by atoms with Crippen LogP contribution in [0, 0.1) is 6.92 Å². The second-order valence-electron chi connectivity index (χ2n) is 3.81. The van der Waals surface area contributed by atoms with E-state index in [1.165, 1.54) is 33.5 Å². The second kappa shape index (κ2) is 6.66. The van der Waals surface area contributed by atoms with Crippen LogP contribution in [0.15, 0.2) is 9.85 Å². The van der Waals surface area contributed by atoms with Crippen molar-refractivity contribution in [3.05, 3.63) is 20.3 Å². The molecule has 15 heavy (non-hydrogen) atoms. The quantitative estimate of drug-likeness (QED) is 0.803. The van der Waals surface area contributed by atoms with Crippen LogP contribution in [0.3, 0.4) is 0 Å². The number of nitrogens with one attached hydrogen (secondary N) is 1. The predicted octanol–water partition coefficient (Wildman–Crippen LogP) is 4.66. The van der Waals surface area contributed by atoms with Gasteiger partial charge in [-0.3, -0.25) is 0 Å². The summed E-state index contributed by atoms with van der Waals surface area (Å²) in [6.07, 6.45) is 3.81. The van der Waals surface area contributed by atoms with Crippen molar-refractivity contribution in [2.24, 2.45) is 0 Å². The van der Waals surface area contributed by atoms with Gasteiger partial charge in [0.15, 0.2) is 0 Å². The molecule has 1 unspecified atom stereocenters. The lowest BCUT2D eigenvalue weighted by Crippen LogP contribution is -2.20. The number of unbranched alkanes of at least 4 members (excludes halogenated alkanes) is 1. The highest BCUT2D eigenvalue weighted by Gasteiger charge is 2.14. The van der Waals surface area contributed by atoms with E-state index in [0.29, 0.717) is 6.04 Å². The molecular formula is C12H20BrNS. The first-order valence-corrected chi connectivity index (χ1v) is 7.29. The van der Waals surface area contributed by atoms with Crippen molar-refractivity contribution in [3.63, 3.8) is 0 Å². The van der Waals surface area contributed by atoms with Gasteiger partial charge in [0.1, 0.15) is 0 Å². The third kappa shape index (κ3) is 3.89. The highest BCUT2D eigenvalue weighted by molar-refractivity contribution is 9.11. The van der Waals surface area contributed by atoms with Crippen LogP contribution >= 0.6 is 27.3 Å². The first-order valence-electron chi connectivity index (χ1n) is 5.68. The van der Waals surface area contributed by atoms with Gasteiger partial charge in [-0.15, -0.1) is 11.3 Å². The molecule has 1 aromatic rings. The molecule has 86 valence electrons. The molecule has 3 heteroatoms. The van der Waals surface area contributed by atoms with E-state index in [2.05, 4.69) is 48.1 Å². The van der Waals surface area contributed by atoms with Crippen LogP contribution in [-0.2, 0) is 0 Å². The fourth-order valence-electron chi connectivity index (χ4n) is 1.83. The topological polar surface area (TPSA) is 12.0 Å². The normalized spacial score (nSPS) is 13.1. The lowest BCUT2D eigenvalue weighted by Gasteiger charge is -2.17. The average molecular weight is 290 g/mol. The number of rotatable bonds is 6. The maximum absolute atomic E-state index is 3.57. The minimum absolute atomic E-state index is 0.539. The molecule has 0 aliphatic rings. The summed E-state index contributed by atoms with van der Waals surface area (Å²) in [4.78, 5) is 1.43. The summed E-state index contributed by atoms with van der Waals surface area (Å²) in [5, 5.41) is 3.57. The van der Waals surface area contributed by atoms with Crippen molar-refractivity contribution >= 4 is 27.3 Å². The van der Waals surface area contributed by atoms with E-state index in [1.807, 2.05) is 11.3 Å². The predicted molar refractivity (Wildman–Crippen MR) is 72.7 cm³/mol. The van der Waals surface area contributed by atoms with Gasteiger partial charge < -0.3 is 5.32 Å². The molecule has 1 atom stereocenters. The summed E-state index contributed by atoms with van der Waals surface area (Å²) in [7, 11) is 0. The van der Waals surface area contributed by atoms with E-state index in [-0.39, 0.29) is 0 Å². The van der Waals surface area contributed by atoms with Crippen molar-refractivity contribution in [2.45, 2.75) is 46.1 Å². The first-order chi connectivity index (χ1) is 7.19. The molecule has 0 radical (unpaired) electrons. The summed E-state index contributed by atoms with van der Waals surface area (Å²) in [6.45, 7) is 7.68. The number of halogens is 1. The number of hydrogen-bond donors (Lipinski definition) is 1. The van der Waals surface area contributed by atoms with Crippen LogP contribution in [0.4, 0.5) is 0 Å². The number of aryl methyl sites for hydroxylation is 1. The van der Waals surface area contributed by atoms with Crippen LogP contribution < -0.4 is 5.32 Å². The van der Waals surface area contributed by atoms with Crippen molar-refractivity contribution in [3.8, 4) is 0 Å². The SMILES string of the molecule is CCCCC(NCC)c1cc(Br)sc1C. The van der Waals surface area contributed by atoms with Gasteiger partial charge in [0, 0.05) is 10.9 Å². The van der Waals surface area contributed by atoms with Gasteiger partial charge in [-0.05, 0) is 47.4 Å². The van der Waals surface area contributed by atoms with E-state index in [4.69, 9.17) is 0 Å². The van der Waals surface area contributed by atoms with Gasteiger partial charge in [-0.25, -0.2) is 0 Å². The molecular weight excluding hydrogens is 270 g/mol. The summed E-state index contributed by atoms with van der Waals surface area (Å²) in [5.74, 6) is 0. The van der Waals surface area contributed by atoms with E-state index in [1.54, 1.807) is 0 Å². The van der Waals surface area contributed by atoms with Gasteiger partial charge in [0.05, 0.1) is 3.79 Å². The summed E-state index contributed by atoms with van der Waals surface area (Å²) in [5.41, 5.74) is 1.47. The monoisotopic (exact) mass is 289 g/mol. The van der Waals surface area contributed by atoms with Crippen LogP contribution in [0.5, 0.6) is 0 Å². The van der Waals surface area contributed by atoms with Gasteiger partial charge in [-0.1, -0.05) is 26.7 Å². The van der Waals surface area contributed by atoms with E-state index >= 15 is 0 Å². The molecule has 1 heterocycles. The Kier molecular flexibility index (Phi) is 5.87. The van der Waals surface area contributed by atoms with Gasteiger partial charge in [0.2, 0.25) is 0 Å². The molecule has 0 spiro atoms. The van der Waals surface area contributed by atoms with Crippen LogP contribution in [-0.4, -0.2) is 6.54 Å². The Morgan fingerprint density at radius 1 is 1.47 bits per heavy atom. The van der Waals surface area contributed by atoms with Crippen LogP contribution in [0.25, 0.3) is 0 Å². The van der Waals surface area contributed by atoms with E-state index in [0.717, 1.165) is 6.54 Å². The van der Waals surface area contributed by atoms with E-state index < -0.39 is 0 Å². The number of hydrogen-bond acceptors (Lipinski definition) is 2. The molecule has 0 aromatic carbocycles. The minimum Gasteiger partial charge on any atom is -0.310 e. The fraction of sp³-hybridized carbons (Fsp3) is 0.667. The van der Waals surface area contributed by atoms with Crippen molar-refractivity contribution in [1.29, 1.82) is 0 Å². The molecule has 1 N–H and O–H groups in total. The Hall–Kier alpha value is 0.140. The van der Waals surface area contributed by atoms with Crippen molar-refractivity contribution in [2.75, 3.05) is 6.54 Å². The Morgan fingerprint density at radius 2 is 2.20 bits per heavy atom. The maximum atomic E-state index is 3.57. The molecule has 1 nitrogen and oxygen atoms in total. The average Bonchev–Trinajstić information content (AvgIpc) is 2.52. The zero-order valence-corrected chi connectivity index (χ0v) is 12.2. The molecule has 0 aliphatic heterocycles. The van der Waals surface area contributed by atoms with Crippen LogP contribution in [0.1, 0.15) is 49.6 Å². The standard InChI is InChI=1S/C12H20BrNS/c1-4-6-7-11(14-5-2)10-8-12(13)15-9(10)3/h8,11,14H,4-7H2,1-3H3. The zero-order chi connectivity index (χ0) is 11.3. The minimum atomic E-state index is 0.539. The molecule has 0 aliphatic carbocycles. The van der Waals surface area contributed by atoms with Crippen LogP contribution in [0.2, 0.25) is 0 Å². The fourth-order valence-corrected chi connectivity index (χ4v) is 3.60. The Morgan fingerprint density at radius 3 is 2.67 bits per heavy atom. The Bertz CT molecular complexity index is 296. The molecule has 0 fully saturated rings. The third-order valence-electron chi connectivity index (χ3n) is 2.60. The largest absolute Gasteiger partial charge is 0.310 e. The maximum Gasteiger partial charge on any atom is 0.0704 e. The highest BCUT2D eigenvalue weighted by Crippen LogP contribution is 2.32. The Balaban J connectivity index is 2.73. The highest BCUT2D eigenvalue weighted by atomic mass is 79.9. The first kappa shape index (κ1) is 13.2. The third-order valence-corrected chi connectivity index (χ3v) is 4.17. The summed E-state index contributed by atoms with van der Waals surface area (Å²) < 4.78 is 1.24. The lowest BCUT2D eigenvalue weighted by atomic mass is 10.0. The zero-order valence-electron chi connectivity index (χ0n) is 9.77. The second-order valence-corrected chi connectivity index (χ2v) is 6.45. The number of thiophene rings is 1. The van der Waals surface area contributed by atoms with Gasteiger partial charge >= 0.3 is 0 Å². The molecule has 1 aromatic heterocycles. The summed E-state index contributed by atoms with van der Waals surface area (Å²) >= 11 is 5.39.